The summed E-state index contributed by atoms with van der Waals surface area (Å²) in [6, 6.07) is 0.0502. The molecule has 0 aromatic rings. The van der Waals surface area contributed by atoms with E-state index in [4.69, 9.17) is 5.73 Å². The minimum absolute atomic E-state index is 0.0284. The molecule has 0 radical (unpaired) electrons. The van der Waals surface area contributed by atoms with Gasteiger partial charge in [0.25, 0.3) is 0 Å². The van der Waals surface area contributed by atoms with Gasteiger partial charge in [-0.05, 0) is 32.6 Å². The predicted molar refractivity (Wildman–Crippen MR) is 82.1 cm³/mol. The van der Waals surface area contributed by atoms with Crippen LogP contribution in [0, 0.1) is 5.92 Å². The van der Waals surface area contributed by atoms with Crippen molar-refractivity contribution in [1.82, 2.24) is 9.62 Å². The van der Waals surface area contributed by atoms with Gasteiger partial charge in [-0.1, -0.05) is 12.8 Å². The Hall–Kier alpha value is -0.660. The quantitative estimate of drug-likeness (QED) is 0.786. The van der Waals surface area contributed by atoms with Gasteiger partial charge in [-0.15, -0.1) is 0 Å². The predicted octanol–water partition coefficient (Wildman–Crippen LogP) is 0.434. The molecule has 0 bridgehead atoms. The molecule has 0 spiro atoms. The van der Waals surface area contributed by atoms with Gasteiger partial charge in [0.15, 0.2) is 0 Å². The highest BCUT2D eigenvalue weighted by atomic mass is 32.2. The highest BCUT2D eigenvalue weighted by Gasteiger charge is 2.32. The fraction of sp³-hybridized carbons (Fsp3) is 0.929. The number of carbonyl (C=O) groups is 1. The standard InChI is InChI=1S/C14H27N3O3S/c1-2-21(19,20)17-9-7-11(8-10-17)16-14(18)12-5-3-4-6-13(12)15/h11-13H,2-10,15H2,1H3,(H,16,18). The Morgan fingerprint density at radius 2 is 1.81 bits per heavy atom. The second-order valence-corrected chi connectivity index (χ2v) is 8.39. The molecule has 2 fully saturated rings. The number of nitrogens with two attached hydrogens (primary N) is 1. The van der Waals surface area contributed by atoms with Gasteiger partial charge >= 0.3 is 0 Å². The molecule has 2 atom stereocenters. The second kappa shape index (κ2) is 7.07. The number of sulfonamides is 1. The number of nitrogens with zero attached hydrogens (tertiary/aromatic N) is 1. The average molecular weight is 317 g/mol. The van der Waals surface area contributed by atoms with Crippen molar-refractivity contribution in [3.8, 4) is 0 Å². The zero-order valence-electron chi connectivity index (χ0n) is 12.8. The maximum atomic E-state index is 12.3. The van der Waals surface area contributed by atoms with Gasteiger partial charge in [-0.25, -0.2) is 12.7 Å². The van der Waals surface area contributed by atoms with Crippen LogP contribution < -0.4 is 11.1 Å². The summed E-state index contributed by atoms with van der Waals surface area (Å²) < 4.78 is 25.1. The second-order valence-electron chi connectivity index (χ2n) is 6.14. The average Bonchev–Trinajstić information content (AvgIpc) is 2.48. The highest BCUT2D eigenvalue weighted by Crippen LogP contribution is 2.24. The Kier molecular flexibility index (Phi) is 5.62. The first-order valence-electron chi connectivity index (χ1n) is 7.98. The molecule has 6 nitrogen and oxygen atoms in total. The molecule has 21 heavy (non-hydrogen) atoms. The van der Waals surface area contributed by atoms with E-state index >= 15 is 0 Å². The van der Waals surface area contributed by atoms with Crippen molar-refractivity contribution in [2.24, 2.45) is 11.7 Å². The summed E-state index contributed by atoms with van der Waals surface area (Å²) in [5.41, 5.74) is 6.03. The molecule has 1 heterocycles. The third-order valence-electron chi connectivity index (χ3n) is 4.71. The smallest absolute Gasteiger partial charge is 0.224 e. The summed E-state index contributed by atoms with van der Waals surface area (Å²) >= 11 is 0. The van der Waals surface area contributed by atoms with Crippen molar-refractivity contribution in [1.29, 1.82) is 0 Å². The third kappa shape index (κ3) is 4.17. The molecule has 1 aliphatic carbocycles. The van der Waals surface area contributed by atoms with Crippen LogP contribution in [-0.2, 0) is 14.8 Å². The first kappa shape index (κ1) is 16.7. The van der Waals surface area contributed by atoms with Gasteiger partial charge in [0.2, 0.25) is 15.9 Å². The number of rotatable bonds is 4. The molecule has 1 amide bonds. The van der Waals surface area contributed by atoms with Crippen LogP contribution in [0.2, 0.25) is 0 Å². The fourth-order valence-corrected chi connectivity index (χ4v) is 4.39. The van der Waals surface area contributed by atoms with Crippen molar-refractivity contribution < 1.29 is 13.2 Å². The molecule has 122 valence electrons. The lowest BCUT2D eigenvalue weighted by Crippen LogP contribution is -2.51. The zero-order valence-corrected chi connectivity index (χ0v) is 13.6. The van der Waals surface area contributed by atoms with E-state index in [-0.39, 0.29) is 29.7 Å². The van der Waals surface area contributed by atoms with E-state index in [2.05, 4.69) is 5.32 Å². The normalized spacial score (nSPS) is 29.2. The summed E-state index contributed by atoms with van der Waals surface area (Å²) in [7, 11) is -3.10. The summed E-state index contributed by atoms with van der Waals surface area (Å²) in [6.45, 7) is 2.66. The monoisotopic (exact) mass is 317 g/mol. The van der Waals surface area contributed by atoms with Crippen molar-refractivity contribution in [3.63, 3.8) is 0 Å². The van der Waals surface area contributed by atoms with Crippen LogP contribution >= 0.6 is 0 Å². The molecule has 0 aromatic heterocycles. The molecule has 2 unspecified atom stereocenters. The molecule has 2 aliphatic rings. The van der Waals surface area contributed by atoms with Crippen molar-refractivity contribution >= 4 is 15.9 Å². The molecule has 7 heteroatoms. The number of piperidine rings is 1. The lowest BCUT2D eigenvalue weighted by Gasteiger charge is -2.33. The Morgan fingerprint density at radius 3 is 2.38 bits per heavy atom. The molecule has 2 rings (SSSR count). The van der Waals surface area contributed by atoms with Crippen LogP contribution in [0.3, 0.4) is 0 Å². The fourth-order valence-electron chi connectivity index (χ4n) is 3.25. The minimum atomic E-state index is -3.10. The summed E-state index contributed by atoms with van der Waals surface area (Å²) in [5, 5.41) is 3.07. The van der Waals surface area contributed by atoms with Crippen LogP contribution in [0.4, 0.5) is 0 Å². The van der Waals surface area contributed by atoms with Crippen LogP contribution in [0.5, 0.6) is 0 Å². The van der Waals surface area contributed by atoms with Crippen LogP contribution in [0.1, 0.15) is 45.4 Å². The van der Waals surface area contributed by atoms with Gasteiger partial charge in [0.1, 0.15) is 0 Å². The third-order valence-corrected chi connectivity index (χ3v) is 6.60. The lowest BCUT2D eigenvalue weighted by molar-refractivity contribution is -0.127. The van der Waals surface area contributed by atoms with Crippen LogP contribution in [0.25, 0.3) is 0 Å². The maximum absolute atomic E-state index is 12.3. The Bertz CT molecular complexity index is 458. The molecule has 1 saturated heterocycles. The number of hydrogen-bond donors (Lipinski definition) is 2. The highest BCUT2D eigenvalue weighted by molar-refractivity contribution is 7.89. The maximum Gasteiger partial charge on any atom is 0.224 e. The topological polar surface area (TPSA) is 92.5 Å². The van der Waals surface area contributed by atoms with E-state index < -0.39 is 10.0 Å². The molecule has 0 aromatic carbocycles. The van der Waals surface area contributed by atoms with Gasteiger partial charge in [0.05, 0.1) is 11.7 Å². The van der Waals surface area contributed by atoms with Crippen molar-refractivity contribution in [2.75, 3.05) is 18.8 Å². The summed E-state index contributed by atoms with van der Waals surface area (Å²) in [4.78, 5) is 12.3. The number of carbonyl (C=O) groups excluding carboxylic acids is 1. The van der Waals surface area contributed by atoms with Gasteiger partial charge in [0, 0.05) is 25.2 Å². The van der Waals surface area contributed by atoms with Gasteiger partial charge in [-0.2, -0.15) is 0 Å². The summed E-state index contributed by atoms with van der Waals surface area (Å²) in [6.07, 6.45) is 5.35. The molecule has 1 saturated carbocycles. The SMILES string of the molecule is CCS(=O)(=O)N1CCC(NC(=O)C2CCCCC2N)CC1. The van der Waals surface area contributed by atoms with Crippen molar-refractivity contribution in [2.45, 2.75) is 57.5 Å². The zero-order chi connectivity index (χ0) is 15.5. The molecular weight excluding hydrogens is 290 g/mol. The van der Waals surface area contributed by atoms with Gasteiger partial charge < -0.3 is 11.1 Å². The first-order chi connectivity index (χ1) is 9.94. The number of hydrogen-bond acceptors (Lipinski definition) is 4. The largest absolute Gasteiger partial charge is 0.353 e. The van der Waals surface area contributed by atoms with E-state index in [1.54, 1.807) is 6.92 Å². The van der Waals surface area contributed by atoms with Crippen molar-refractivity contribution in [3.05, 3.63) is 0 Å². The minimum Gasteiger partial charge on any atom is -0.353 e. The Morgan fingerprint density at radius 1 is 1.19 bits per heavy atom. The summed E-state index contributed by atoms with van der Waals surface area (Å²) in [5.74, 6) is 0.121. The molecular formula is C14H27N3O3S. The van der Waals surface area contributed by atoms with Crippen LogP contribution in [-0.4, -0.2) is 49.6 Å². The lowest BCUT2D eigenvalue weighted by atomic mass is 9.84. The Balaban J connectivity index is 1.82. The van der Waals surface area contributed by atoms with Gasteiger partial charge in [-0.3, -0.25) is 4.79 Å². The van der Waals surface area contributed by atoms with E-state index in [1.807, 2.05) is 0 Å². The van der Waals surface area contributed by atoms with E-state index in [0.29, 0.717) is 25.9 Å². The number of amides is 1. The first-order valence-corrected chi connectivity index (χ1v) is 9.58. The van der Waals surface area contributed by atoms with E-state index in [9.17, 15) is 13.2 Å². The van der Waals surface area contributed by atoms with E-state index in [1.165, 1.54) is 4.31 Å². The Labute approximate surface area is 127 Å². The van der Waals surface area contributed by atoms with Crippen LogP contribution in [0.15, 0.2) is 0 Å². The van der Waals surface area contributed by atoms with E-state index in [0.717, 1.165) is 25.7 Å². The number of nitrogens with one attached hydrogen (secondary N) is 1. The molecule has 1 aliphatic heterocycles. The molecule has 3 N–H and O–H groups in total.